The molecule has 0 atom stereocenters. The molecule has 0 fully saturated rings. The topological polar surface area (TPSA) is 58.6 Å². The summed E-state index contributed by atoms with van der Waals surface area (Å²) < 4.78 is 45.1. The van der Waals surface area contributed by atoms with Crippen molar-refractivity contribution in [3.8, 4) is 11.5 Å². The Kier molecular flexibility index (Phi) is 6.59. The highest BCUT2D eigenvalue weighted by Gasteiger charge is 2.33. The van der Waals surface area contributed by atoms with Crippen LogP contribution in [-0.4, -0.2) is 30.3 Å². The summed E-state index contributed by atoms with van der Waals surface area (Å²) in [4.78, 5) is 26.3. The number of para-hydroxylation sites is 3. The van der Waals surface area contributed by atoms with Crippen LogP contribution in [0.25, 0.3) is 0 Å². The minimum absolute atomic E-state index is 0.220. The summed E-state index contributed by atoms with van der Waals surface area (Å²) in [5, 5.41) is 2.22. The van der Waals surface area contributed by atoms with E-state index in [1.807, 2.05) is 6.07 Å². The van der Waals surface area contributed by atoms with Crippen molar-refractivity contribution in [3.05, 3.63) is 90.0 Å². The summed E-state index contributed by atoms with van der Waals surface area (Å²) in [7, 11) is 1.39. The number of benzene rings is 3. The number of rotatable bonds is 6. The average molecular weight is 428 g/mol. The van der Waals surface area contributed by atoms with Gasteiger partial charge in [-0.2, -0.15) is 13.2 Å². The molecular formula is C23H19F3N2O3. The zero-order valence-electron chi connectivity index (χ0n) is 16.5. The number of nitrogens with one attached hydrogen (secondary N) is 1. The lowest BCUT2D eigenvalue weighted by atomic mass is 10.1. The monoisotopic (exact) mass is 428 g/mol. The third kappa shape index (κ3) is 5.63. The van der Waals surface area contributed by atoms with Gasteiger partial charge in [0.05, 0.1) is 23.4 Å². The Morgan fingerprint density at radius 3 is 2.23 bits per heavy atom. The van der Waals surface area contributed by atoms with Gasteiger partial charge in [0.15, 0.2) is 0 Å². The van der Waals surface area contributed by atoms with E-state index in [-0.39, 0.29) is 11.3 Å². The predicted octanol–water partition coefficient (Wildman–Crippen LogP) is 5.21. The number of amides is 2. The number of likely N-dealkylation sites (N-methyl/N-ethyl adjacent to an activating group) is 1. The summed E-state index contributed by atoms with van der Waals surface area (Å²) in [6.07, 6.45) is -4.61. The SMILES string of the molecule is CN(CC(=O)Nc1ccccc1C(F)(F)F)C(=O)c1ccccc1Oc1ccccc1. The Balaban J connectivity index is 1.71. The summed E-state index contributed by atoms with van der Waals surface area (Å²) in [5.74, 6) is -0.430. The van der Waals surface area contributed by atoms with Crippen molar-refractivity contribution in [2.45, 2.75) is 6.18 Å². The van der Waals surface area contributed by atoms with E-state index in [1.54, 1.807) is 48.5 Å². The number of alkyl halides is 3. The normalized spacial score (nSPS) is 11.0. The molecule has 3 rings (SSSR count). The molecule has 0 aliphatic rings. The van der Waals surface area contributed by atoms with E-state index >= 15 is 0 Å². The lowest BCUT2D eigenvalue weighted by Gasteiger charge is -2.19. The molecule has 5 nitrogen and oxygen atoms in total. The first-order valence-electron chi connectivity index (χ1n) is 9.29. The van der Waals surface area contributed by atoms with Gasteiger partial charge >= 0.3 is 6.18 Å². The van der Waals surface area contributed by atoms with Crippen molar-refractivity contribution in [3.63, 3.8) is 0 Å². The first-order chi connectivity index (χ1) is 14.8. The van der Waals surface area contributed by atoms with Gasteiger partial charge in [-0.15, -0.1) is 0 Å². The highest BCUT2D eigenvalue weighted by molar-refractivity contribution is 6.01. The molecule has 160 valence electrons. The van der Waals surface area contributed by atoms with Gasteiger partial charge in [-0.25, -0.2) is 0 Å². The van der Waals surface area contributed by atoms with Gasteiger partial charge in [0, 0.05) is 7.05 Å². The zero-order valence-corrected chi connectivity index (χ0v) is 16.5. The van der Waals surface area contributed by atoms with Crippen LogP contribution in [0.15, 0.2) is 78.9 Å². The van der Waals surface area contributed by atoms with Gasteiger partial charge in [-0.3, -0.25) is 9.59 Å². The van der Waals surface area contributed by atoms with Gasteiger partial charge < -0.3 is 15.0 Å². The Hall–Kier alpha value is -3.81. The summed E-state index contributed by atoms with van der Waals surface area (Å²) in [6.45, 7) is -0.440. The van der Waals surface area contributed by atoms with Crippen molar-refractivity contribution in [2.75, 3.05) is 18.9 Å². The predicted molar refractivity (Wildman–Crippen MR) is 110 cm³/mol. The van der Waals surface area contributed by atoms with E-state index in [1.165, 1.54) is 19.2 Å². The number of anilines is 1. The number of hydrogen-bond donors (Lipinski definition) is 1. The second-order valence-corrected chi connectivity index (χ2v) is 6.66. The molecule has 0 aliphatic heterocycles. The lowest BCUT2D eigenvalue weighted by molar-refractivity contribution is -0.137. The fourth-order valence-corrected chi connectivity index (χ4v) is 2.87. The number of halogens is 3. The molecule has 8 heteroatoms. The number of carbonyl (C=O) groups is 2. The molecule has 0 saturated heterocycles. The summed E-state index contributed by atoms with van der Waals surface area (Å²) >= 11 is 0. The molecule has 3 aromatic carbocycles. The molecule has 0 unspecified atom stereocenters. The summed E-state index contributed by atoms with van der Waals surface area (Å²) in [6, 6.07) is 20.0. The third-order valence-electron chi connectivity index (χ3n) is 4.32. The second-order valence-electron chi connectivity index (χ2n) is 6.66. The van der Waals surface area contributed by atoms with Crippen LogP contribution < -0.4 is 10.1 Å². The first kappa shape index (κ1) is 21.9. The van der Waals surface area contributed by atoms with Crippen LogP contribution in [0.2, 0.25) is 0 Å². The van der Waals surface area contributed by atoms with Crippen LogP contribution in [0.5, 0.6) is 11.5 Å². The van der Waals surface area contributed by atoms with Crippen LogP contribution in [-0.2, 0) is 11.0 Å². The number of ether oxygens (including phenoxy) is 1. The molecular weight excluding hydrogens is 409 g/mol. The summed E-state index contributed by atoms with van der Waals surface area (Å²) in [5.41, 5.74) is -1.11. The number of nitrogens with zero attached hydrogens (tertiary/aromatic N) is 1. The van der Waals surface area contributed by atoms with E-state index in [4.69, 9.17) is 4.74 Å². The molecule has 1 N–H and O–H groups in total. The van der Waals surface area contributed by atoms with Crippen LogP contribution in [0.1, 0.15) is 15.9 Å². The average Bonchev–Trinajstić information content (AvgIpc) is 2.74. The molecule has 31 heavy (non-hydrogen) atoms. The van der Waals surface area contributed by atoms with Crippen molar-refractivity contribution in [1.29, 1.82) is 0 Å². The number of carbonyl (C=O) groups excluding carboxylic acids is 2. The highest BCUT2D eigenvalue weighted by Crippen LogP contribution is 2.34. The van der Waals surface area contributed by atoms with Gasteiger partial charge in [0.25, 0.3) is 5.91 Å². The maximum absolute atomic E-state index is 13.1. The Labute approximate surface area is 177 Å². The Bertz CT molecular complexity index is 1070. The lowest BCUT2D eigenvalue weighted by Crippen LogP contribution is -2.35. The van der Waals surface area contributed by atoms with Crippen molar-refractivity contribution < 1.29 is 27.5 Å². The van der Waals surface area contributed by atoms with E-state index in [0.29, 0.717) is 11.5 Å². The van der Waals surface area contributed by atoms with Crippen LogP contribution >= 0.6 is 0 Å². The quantitative estimate of drug-likeness (QED) is 0.587. The molecule has 0 aromatic heterocycles. The molecule has 0 bridgehead atoms. The van der Waals surface area contributed by atoms with Crippen LogP contribution in [0.3, 0.4) is 0 Å². The fraction of sp³-hybridized carbons (Fsp3) is 0.130. The Morgan fingerprint density at radius 2 is 1.52 bits per heavy atom. The maximum Gasteiger partial charge on any atom is 0.418 e. The highest BCUT2D eigenvalue weighted by atomic mass is 19.4. The van der Waals surface area contributed by atoms with Crippen molar-refractivity contribution in [2.24, 2.45) is 0 Å². The molecule has 0 saturated carbocycles. The molecule has 2 amide bonds. The smallest absolute Gasteiger partial charge is 0.418 e. The largest absolute Gasteiger partial charge is 0.457 e. The van der Waals surface area contributed by atoms with E-state index in [2.05, 4.69) is 5.32 Å². The molecule has 0 aliphatic carbocycles. The van der Waals surface area contributed by atoms with Crippen LogP contribution in [0, 0.1) is 0 Å². The van der Waals surface area contributed by atoms with Crippen LogP contribution in [0.4, 0.5) is 18.9 Å². The fourth-order valence-electron chi connectivity index (χ4n) is 2.87. The first-order valence-corrected chi connectivity index (χ1v) is 9.29. The van der Waals surface area contributed by atoms with E-state index in [9.17, 15) is 22.8 Å². The Morgan fingerprint density at radius 1 is 0.903 bits per heavy atom. The molecule has 0 spiro atoms. The van der Waals surface area contributed by atoms with E-state index < -0.39 is 30.1 Å². The number of hydrogen-bond acceptors (Lipinski definition) is 3. The standard InChI is InChI=1S/C23H19F3N2O3/c1-28(15-21(29)27-19-13-7-6-12-18(19)23(24,25)26)22(30)17-11-5-8-14-20(17)31-16-9-3-2-4-10-16/h2-14H,15H2,1H3,(H,27,29). The van der Waals surface area contributed by atoms with Crippen molar-refractivity contribution >= 4 is 17.5 Å². The van der Waals surface area contributed by atoms with Gasteiger partial charge in [0.1, 0.15) is 11.5 Å². The van der Waals surface area contributed by atoms with Gasteiger partial charge in [-0.1, -0.05) is 42.5 Å². The van der Waals surface area contributed by atoms with E-state index in [0.717, 1.165) is 17.0 Å². The van der Waals surface area contributed by atoms with Crippen molar-refractivity contribution in [1.82, 2.24) is 4.90 Å². The third-order valence-corrected chi connectivity index (χ3v) is 4.32. The second kappa shape index (κ2) is 9.34. The zero-order chi connectivity index (χ0) is 22.4. The minimum Gasteiger partial charge on any atom is -0.457 e. The van der Waals surface area contributed by atoms with Gasteiger partial charge in [-0.05, 0) is 36.4 Å². The minimum atomic E-state index is -4.61. The molecule has 0 heterocycles. The maximum atomic E-state index is 13.1. The van der Waals surface area contributed by atoms with Gasteiger partial charge in [0.2, 0.25) is 5.91 Å². The molecule has 3 aromatic rings. The molecule has 0 radical (unpaired) electrons.